The molecule has 172 valence electrons. The smallest absolute Gasteiger partial charge is 0.303 e. The number of aliphatic hydroxyl groups excluding tert-OH is 1. The number of aliphatic hydroxyl groups is 1. The summed E-state index contributed by atoms with van der Waals surface area (Å²) in [6.45, 7) is 4.48. The number of amides is 1. The van der Waals surface area contributed by atoms with E-state index in [1.807, 2.05) is 0 Å². The summed E-state index contributed by atoms with van der Waals surface area (Å²) in [6, 6.07) is 4.63. The number of benzene rings is 1. The molecule has 1 aliphatic heterocycles. The summed E-state index contributed by atoms with van der Waals surface area (Å²) in [5, 5.41) is 12.7. The molecule has 0 unspecified atom stereocenters. The van der Waals surface area contributed by atoms with Gasteiger partial charge in [-0.3, -0.25) is 18.6 Å². The molecule has 1 saturated heterocycles. The van der Waals surface area contributed by atoms with Gasteiger partial charge in [0.05, 0.1) is 11.5 Å². The largest absolute Gasteiger partial charge is 0.456 e. The Morgan fingerprint density at radius 3 is 2.10 bits per heavy atom. The Bertz CT molecular complexity index is 914. The number of esters is 2. The topological polar surface area (TPSA) is 155 Å². The Hall–Kier alpha value is -2.54. The molecule has 2 rings (SSSR count). The lowest BCUT2D eigenvalue weighted by atomic mass is 9.96. The lowest BCUT2D eigenvalue weighted by molar-refractivity contribution is -0.261. The van der Waals surface area contributed by atoms with Crippen molar-refractivity contribution in [2.24, 2.45) is 0 Å². The Balaban J connectivity index is 2.29. The van der Waals surface area contributed by atoms with Gasteiger partial charge in [0.1, 0.15) is 12.1 Å². The number of ether oxygens (including phenoxy) is 3. The van der Waals surface area contributed by atoms with Gasteiger partial charge in [-0.25, -0.2) is 0 Å². The van der Waals surface area contributed by atoms with Crippen LogP contribution in [0.3, 0.4) is 0 Å². The number of carbonyl (C=O) groups is 3. The predicted molar refractivity (Wildman–Crippen MR) is 104 cm³/mol. The van der Waals surface area contributed by atoms with Crippen LogP contribution in [0.5, 0.6) is 0 Å². The van der Waals surface area contributed by atoms with E-state index in [1.54, 1.807) is 19.1 Å². The number of carbonyl (C=O) groups excluding carboxylic acids is 3. The van der Waals surface area contributed by atoms with Crippen LogP contribution < -0.4 is 5.32 Å². The van der Waals surface area contributed by atoms with E-state index >= 15 is 0 Å². The lowest BCUT2D eigenvalue weighted by Gasteiger charge is -2.43. The molecule has 1 fully saturated rings. The zero-order valence-corrected chi connectivity index (χ0v) is 18.2. The second kappa shape index (κ2) is 10.2. The molecule has 12 heteroatoms. The summed E-state index contributed by atoms with van der Waals surface area (Å²) in [5.74, 6) is -2.13. The first-order valence-corrected chi connectivity index (χ1v) is 10.7. The summed E-state index contributed by atoms with van der Waals surface area (Å²) < 4.78 is 45.7. The minimum Gasteiger partial charge on any atom is -0.456 e. The standard InChI is InChI=1S/C19H25NO10S/c1-10-5-7-14(8-6-10)31(25,26)27-9-15-17(28-12(3)22)18(29-13(4)23)16(19(24)30-15)20-11(2)21/h5-8,15-19,24H,9H2,1-4H3,(H,20,21)/t15-,16-,17-,18-,19+/m0/s1. The Labute approximate surface area is 179 Å². The number of nitrogens with one attached hydrogen (secondary N) is 1. The van der Waals surface area contributed by atoms with Gasteiger partial charge in [-0.1, -0.05) is 17.7 Å². The van der Waals surface area contributed by atoms with E-state index in [9.17, 15) is 27.9 Å². The highest BCUT2D eigenvalue weighted by Crippen LogP contribution is 2.27. The molecule has 0 bridgehead atoms. The molecular formula is C19H25NO10S. The molecule has 0 radical (unpaired) electrons. The first kappa shape index (κ1) is 24.7. The molecular weight excluding hydrogens is 434 g/mol. The van der Waals surface area contributed by atoms with Gasteiger partial charge in [0.25, 0.3) is 10.1 Å². The van der Waals surface area contributed by atoms with Crippen molar-refractivity contribution >= 4 is 28.0 Å². The highest BCUT2D eigenvalue weighted by atomic mass is 32.2. The summed E-state index contributed by atoms with van der Waals surface area (Å²) in [7, 11) is -4.20. The number of hydrogen-bond donors (Lipinski definition) is 2. The molecule has 1 heterocycles. The zero-order chi connectivity index (χ0) is 23.3. The van der Waals surface area contributed by atoms with Gasteiger partial charge in [-0.15, -0.1) is 0 Å². The van der Waals surface area contributed by atoms with Crippen molar-refractivity contribution in [1.29, 1.82) is 0 Å². The van der Waals surface area contributed by atoms with Gasteiger partial charge in [0.2, 0.25) is 5.91 Å². The fourth-order valence-corrected chi connectivity index (χ4v) is 3.96. The summed E-state index contributed by atoms with van der Waals surface area (Å²) >= 11 is 0. The quantitative estimate of drug-likeness (QED) is 0.413. The molecule has 1 aromatic rings. The number of hydrogen-bond acceptors (Lipinski definition) is 10. The number of rotatable bonds is 7. The molecule has 0 spiro atoms. The van der Waals surface area contributed by atoms with Gasteiger partial charge in [0, 0.05) is 20.8 Å². The van der Waals surface area contributed by atoms with Crippen LogP contribution in [0.15, 0.2) is 29.2 Å². The van der Waals surface area contributed by atoms with E-state index in [0.717, 1.165) is 19.4 Å². The molecule has 31 heavy (non-hydrogen) atoms. The fraction of sp³-hybridized carbons (Fsp3) is 0.526. The monoisotopic (exact) mass is 459 g/mol. The van der Waals surface area contributed by atoms with Crippen LogP contribution in [0.25, 0.3) is 0 Å². The summed E-state index contributed by atoms with van der Waals surface area (Å²) in [6.07, 6.45) is -5.75. The zero-order valence-electron chi connectivity index (χ0n) is 17.4. The molecule has 0 aliphatic carbocycles. The minimum absolute atomic E-state index is 0.105. The van der Waals surface area contributed by atoms with Gasteiger partial charge < -0.3 is 24.6 Å². The van der Waals surface area contributed by atoms with E-state index in [2.05, 4.69) is 5.32 Å². The second-order valence-electron chi connectivity index (χ2n) is 6.99. The van der Waals surface area contributed by atoms with Crippen LogP contribution in [-0.2, 0) is 42.9 Å². The third-order valence-corrected chi connectivity index (χ3v) is 5.63. The van der Waals surface area contributed by atoms with E-state index < -0.39 is 65.2 Å². The predicted octanol–water partition coefficient (Wildman–Crippen LogP) is -0.214. The van der Waals surface area contributed by atoms with Gasteiger partial charge >= 0.3 is 11.9 Å². The van der Waals surface area contributed by atoms with Crippen molar-refractivity contribution in [3.05, 3.63) is 29.8 Å². The first-order chi connectivity index (χ1) is 14.4. The third-order valence-electron chi connectivity index (χ3n) is 4.34. The molecule has 11 nitrogen and oxygen atoms in total. The fourth-order valence-electron chi connectivity index (χ4n) is 3.04. The minimum atomic E-state index is -4.20. The van der Waals surface area contributed by atoms with E-state index in [0.29, 0.717) is 0 Å². The molecule has 1 aliphatic rings. The second-order valence-corrected chi connectivity index (χ2v) is 8.61. The van der Waals surface area contributed by atoms with Crippen LogP contribution >= 0.6 is 0 Å². The average molecular weight is 459 g/mol. The van der Waals surface area contributed by atoms with E-state index in [-0.39, 0.29) is 4.90 Å². The van der Waals surface area contributed by atoms with E-state index in [1.165, 1.54) is 19.1 Å². The van der Waals surface area contributed by atoms with Gasteiger partial charge in [0.15, 0.2) is 18.5 Å². The van der Waals surface area contributed by atoms with Crippen LogP contribution in [0, 0.1) is 6.92 Å². The molecule has 1 amide bonds. The molecule has 0 saturated carbocycles. The van der Waals surface area contributed by atoms with Crippen molar-refractivity contribution in [1.82, 2.24) is 5.32 Å². The highest BCUT2D eigenvalue weighted by Gasteiger charge is 2.50. The maximum Gasteiger partial charge on any atom is 0.303 e. The van der Waals surface area contributed by atoms with Crippen molar-refractivity contribution in [3.63, 3.8) is 0 Å². The van der Waals surface area contributed by atoms with Crippen LogP contribution in [0.1, 0.15) is 26.3 Å². The lowest BCUT2D eigenvalue weighted by Crippen LogP contribution is -2.66. The van der Waals surface area contributed by atoms with Crippen molar-refractivity contribution in [2.45, 2.75) is 63.2 Å². The van der Waals surface area contributed by atoms with E-state index in [4.69, 9.17) is 18.4 Å². The Morgan fingerprint density at radius 1 is 1.03 bits per heavy atom. The molecule has 1 aromatic carbocycles. The SMILES string of the molecule is CC(=O)N[C@H]1[C@H](OC(C)=O)[C@@H](OC(C)=O)[C@H](COS(=O)(=O)c2ccc(C)cc2)O[C@H]1O. The van der Waals surface area contributed by atoms with Crippen molar-refractivity contribution in [3.8, 4) is 0 Å². The number of aryl methyl sites for hydroxylation is 1. The molecule has 5 atom stereocenters. The summed E-state index contributed by atoms with van der Waals surface area (Å²) in [5.41, 5.74) is 0.848. The average Bonchev–Trinajstić information content (AvgIpc) is 2.65. The van der Waals surface area contributed by atoms with Crippen LogP contribution in [-0.4, -0.2) is 68.6 Å². The maximum absolute atomic E-state index is 12.5. The third kappa shape index (κ3) is 6.72. The highest BCUT2D eigenvalue weighted by molar-refractivity contribution is 7.86. The summed E-state index contributed by atoms with van der Waals surface area (Å²) in [4.78, 5) is 34.6. The Morgan fingerprint density at radius 2 is 1.58 bits per heavy atom. The van der Waals surface area contributed by atoms with Crippen molar-refractivity contribution < 1.29 is 46.3 Å². The van der Waals surface area contributed by atoms with Gasteiger partial charge in [-0.05, 0) is 19.1 Å². The molecule has 2 N–H and O–H groups in total. The maximum atomic E-state index is 12.5. The van der Waals surface area contributed by atoms with Crippen LogP contribution in [0.4, 0.5) is 0 Å². The van der Waals surface area contributed by atoms with Gasteiger partial charge in [-0.2, -0.15) is 8.42 Å². The van der Waals surface area contributed by atoms with Crippen LogP contribution in [0.2, 0.25) is 0 Å². The normalized spacial score (nSPS) is 26.0. The first-order valence-electron chi connectivity index (χ1n) is 9.32. The molecule has 0 aromatic heterocycles. The van der Waals surface area contributed by atoms with Crippen molar-refractivity contribution in [2.75, 3.05) is 6.61 Å². The Kier molecular flexibility index (Phi) is 8.12.